The number of nitrogens with zero attached hydrogens (tertiary/aromatic N) is 1. The maximum atomic E-state index is 6.30. The fourth-order valence-electron chi connectivity index (χ4n) is 4.31. The van der Waals surface area contributed by atoms with Crippen molar-refractivity contribution in [2.75, 3.05) is 39.3 Å². The minimum absolute atomic E-state index is 0.0505. The zero-order chi connectivity index (χ0) is 14.1. The standard InChI is InChI=1S/C17H26N2OS/c1-2-14(12-18-7-1)13-19-8-5-17(6-9-19)15-4-11-21-16(15)3-10-20-17/h4,11,14,18H,1-3,5-10,12-13H2. The van der Waals surface area contributed by atoms with E-state index in [-0.39, 0.29) is 5.60 Å². The van der Waals surface area contributed by atoms with Crippen LogP contribution >= 0.6 is 11.3 Å². The average molecular weight is 306 g/mol. The van der Waals surface area contributed by atoms with Gasteiger partial charge in [0, 0.05) is 30.9 Å². The van der Waals surface area contributed by atoms with Gasteiger partial charge in [-0.25, -0.2) is 0 Å². The van der Waals surface area contributed by atoms with Gasteiger partial charge in [-0.3, -0.25) is 0 Å². The van der Waals surface area contributed by atoms with E-state index in [1.54, 1.807) is 4.88 Å². The number of likely N-dealkylation sites (tertiary alicyclic amines) is 1. The first-order valence-electron chi connectivity index (χ1n) is 8.50. The van der Waals surface area contributed by atoms with Crippen LogP contribution in [0.25, 0.3) is 0 Å². The van der Waals surface area contributed by atoms with Crippen molar-refractivity contribution in [2.24, 2.45) is 5.92 Å². The summed E-state index contributed by atoms with van der Waals surface area (Å²) < 4.78 is 6.30. The molecule has 1 atom stereocenters. The molecule has 1 aromatic rings. The topological polar surface area (TPSA) is 24.5 Å². The van der Waals surface area contributed by atoms with E-state index in [2.05, 4.69) is 21.7 Å². The Balaban J connectivity index is 1.39. The number of ether oxygens (including phenoxy) is 1. The Hall–Kier alpha value is -0.420. The lowest BCUT2D eigenvalue weighted by Gasteiger charge is -2.45. The highest BCUT2D eigenvalue weighted by Crippen LogP contribution is 2.43. The second kappa shape index (κ2) is 5.99. The minimum atomic E-state index is 0.0505. The van der Waals surface area contributed by atoms with Crippen molar-refractivity contribution >= 4 is 11.3 Å². The molecule has 3 aliphatic heterocycles. The molecule has 0 bridgehead atoms. The molecule has 0 aromatic carbocycles. The maximum Gasteiger partial charge on any atom is 0.0966 e. The Kier molecular flexibility index (Phi) is 4.05. The molecule has 116 valence electrons. The van der Waals surface area contributed by atoms with Gasteiger partial charge in [0.05, 0.1) is 12.2 Å². The molecule has 3 aliphatic rings. The van der Waals surface area contributed by atoms with Gasteiger partial charge in [0.1, 0.15) is 0 Å². The summed E-state index contributed by atoms with van der Waals surface area (Å²) in [6.07, 6.45) is 6.23. The summed E-state index contributed by atoms with van der Waals surface area (Å²) in [6, 6.07) is 2.32. The molecular weight excluding hydrogens is 280 g/mol. The predicted octanol–water partition coefficient (Wildman–Crippen LogP) is 2.61. The van der Waals surface area contributed by atoms with Gasteiger partial charge in [-0.05, 0) is 61.7 Å². The predicted molar refractivity (Wildman–Crippen MR) is 86.9 cm³/mol. The molecular formula is C17H26N2OS. The van der Waals surface area contributed by atoms with Crippen LogP contribution in [0.3, 0.4) is 0 Å². The van der Waals surface area contributed by atoms with Crippen LogP contribution in [-0.4, -0.2) is 44.2 Å². The van der Waals surface area contributed by atoms with Crippen LogP contribution in [0.2, 0.25) is 0 Å². The van der Waals surface area contributed by atoms with Crippen molar-refractivity contribution in [1.82, 2.24) is 10.2 Å². The first-order chi connectivity index (χ1) is 10.4. The third-order valence-electron chi connectivity index (χ3n) is 5.52. The van der Waals surface area contributed by atoms with Gasteiger partial charge in [-0.2, -0.15) is 0 Å². The van der Waals surface area contributed by atoms with Crippen LogP contribution in [0.5, 0.6) is 0 Å². The lowest BCUT2D eigenvalue weighted by Crippen LogP contribution is -2.48. The van der Waals surface area contributed by atoms with E-state index in [4.69, 9.17) is 4.74 Å². The smallest absolute Gasteiger partial charge is 0.0966 e. The molecule has 4 heterocycles. The van der Waals surface area contributed by atoms with Gasteiger partial charge in [-0.1, -0.05) is 0 Å². The average Bonchev–Trinajstić information content (AvgIpc) is 3.01. The molecule has 4 heteroatoms. The lowest BCUT2D eigenvalue weighted by atomic mass is 9.82. The summed E-state index contributed by atoms with van der Waals surface area (Å²) in [5.41, 5.74) is 1.56. The second-order valence-corrected chi connectivity index (χ2v) is 7.86. The molecule has 1 spiro atoms. The fraction of sp³-hybridized carbons (Fsp3) is 0.765. The third-order valence-corrected chi connectivity index (χ3v) is 6.50. The Labute approximate surface area is 131 Å². The summed E-state index contributed by atoms with van der Waals surface area (Å²) in [6.45, 7) is 7.03. The van der Waals surface area contributed by atoms with E-state index in [1.165, 1.54) is 64.0 Å². The third kappa shape index (κ3) is 2.79. The lowest BCUT2D eigenvalue weighted by molar-refractivity contribution is -0.0985. The van der Waals surface area contributed by atoms with Crippen molar-refractivity contribution in [3.8, 4) is 0 Å². The van der Waals surface area contributed by atoms with E-state index < -0.39 is 0 Å². The fourth-order valence-corrected chi connectivity index (χ4v) is 5.26. The summed E-state index contributed by atoms with van der Waals surface area (Å²) >= 11 is 1.92. The number of fused-ring (bicyclic) bond motifs is 2. The SMILES string of the molecule is c1cc2c(s1)CCOC21CCN(CC2CCCNC2)CC1. The van der Waals surface area contributed by atoms with Gasteiger partial charge >= 0.3 is 0 Å². The molecule has 1 N–H and O–H groups in total. The van der Waals surface area contributed by atoms with Gasteiger partial charge < -0.3 is 15.0 Å². The molecule has 2 saturated heterocycles. The highest BCUT2D eigenvalue weighted by molar-refractivity contribution is 7.10. The van der Waals surface area contributed by atoms with Crippen LogP contribution in [0, 0.1) is 5.92 Å². The van der Waals surface area contributed by atoms with E-state index in [1.807, 2.05) is 11.3 Å². The van der Waals surface area contributed by atoms with Crippen LogP contribution in [0.15, 0.2) is 11.4 Å². The maximum absolute atomic E-state index is 6.30. The van der Waals surface area contributed by atoms with E-state index >= 15 is 0 Å². The molecule has 1 unspecified atom stereocenters. The molecule has 0 radical (unpaired) electrons. The normalized spacial score (nSPS) is 29.4. The molecule has 2 fully saturated rings. The van der Waals surface area contributed by atoms with Gasteiger partial charge in [0.15, 0.2) is 0 Å². The highest BCUT2D eigenvalue weighted by atomic mass is 32.1. The molecule has 1 aromatic heterocycles. The largest absolute Gasteiger partial charge is 0.370 e. The number of hydrogen-bond acceptors (Lipinski definition) is 4. The van der Waals surface area contributed by atoms with Crippen molar-refractivity contribution < 1.29 is 4.74 Å². The summed E-state index contributed by atoms with van der Waals surface area (Å²) in [5, 5.41) is 5.79. The first-order valence-corrected chi connectivity index (χ1v) is 9.38. The van der Waals surface area contributed by atoms with Gasteiger partial charge in [0.25, 0.3) is 0 Å². The van der Waals surface area contributed by atoms with E-state index in [0.29, 0.717) is 0 Å². The molecule has 0 aliphatic carbocycles. The highest BCUT2D eigenvalue weighted by Gasteiger charge is 2.41. The summed E-state index contributed by atoms with van der Waals surface area (Å²) in [4.78, 5) is 4.25. The number of piperidine rings is 2. The van der Waals surface area contributed by atoms with E-state index in [9.17, 15) is 0 Å². The Morgan fingerprint density at radius 2 is 2.29 bits per heavy atom. The minimum Gasteiger partial charge on any atom is -0.370 e. The number of rotatable bonds is 2. The molecule has 21 heavy (non-hydrogen) atoms. The molecule has 0 saturated carbocycles. The van der Waals surface area contributed by atoms with Crippen LogP contribution in [0.4, 0.5) is 0 Å². The zero-order valence-corrected chi connectivity index (χ0v) is 13.6. The second-order valence-electron chi connectivity index (χ2n) is 6.86. The zero-order valence-electron chi connectivity index (χ0n) is 12.8. The van der Waals surface area contributed by atoms with Crippen LogP contribution in [0.1, 0.15) is 36.1 Å². The van der Waals surface area contributed by atoms with Crippen LogP contribution in [-0.2, 0) is 16.8 Å². The van der Waals surface area contributed by atoms with Gasteiger partial charge in [-0.15, -0.1) is 11.3 Å². The quantitative estimate of drug-likeness (QED) is 0.909. The number of nitrogens with one attached hydrogen (secondary N) is 1. The van der Waals surface area contributed by atoms with Crippen molar-refractivity contribution in [3.05, 3.63) is 21.9 Å². The summed E-state index contributed by atoms with van der Waals surface area (Å²) in [5.74, 6) is 0.858. The van der Waals surface area contributed by atoms with Crippen LogP contribution < -0.4 is 5.32 Å². The Morgan fingerprint density at radius 1 is 1.38 bits per heavy atom. The van der Waals surface area contributed by atoms with Crippen molar-refractivity contribution in [2.45, 2.75) is 37.7 Å². The molecule has 0 amide bonds. The number of thiophene rings is 1. The van der Waals surface area contributed by atoms with Crippen molar-refractivity contribution in [1.29, 1.82) is 0 Å². The summed E-state index contributed by atoms with van der Waals surface area (Å²) in [7, 11) is 0. The van der Waals surface area contributed by atoms with E-state index in [0.717, 1.165) is 18.9 Å². The Morgan fingerprint density at radius 3 is 3.10 bits per heavy atom. The van der Waals surface area contributed by atoms with Crippen molar-refractivity contribution in [3.63, 3.8) is 0 Å². The molecule has 4 rings (SSSR count). The Bertz CT molecular complexity index is 473. The monoisotopic (exact) mass is 306 g/mol. The number of hydrogen-bond donors (Lipinski definition) is 1. The molecule has 3 nitrogen and oxygen atoms in total. The first kappa shape index (κ1) is 14.2. The van der Waals surface area contributed by atoms with Gasteiger partial charge in [0.2, 0.25) is 0 Å².